The van der Waals surface area contributed by atoms with Crippen LogP contribution in [0.15, 0.2) is 35.8 Å². The smallest absolute Gasteiger partial charge is 0.248 e. The first-order chi connectivity index (χ1) is 9.51. The molecule has 0 unspecified atom stereocenters. The Kier molecular flexibility index (Phi) is 4.78. The van der Waals surface area contributed by atoms with Gasteiger partial charge in [0.05, 0.1) is 10.2 Å². The van der Waals surface area contributed by atoms with Crippen molar-refractivity contribution in [3.05, 3.63) is 40.7 Å². The van der Waals surface area contributed by atoms with Gasteiger partial charge in [0.25, 0.3) is 0 Å². The van der Waals surface area contributed by atoms with Crippen molar-refractivity contribution < 1.29 is 4.79 Å². The van der Waals surface area contributed by atoms with E-state index in [-0.39, 0.29) is 5.91 Å². The molecular weight excluding hydrogens is 292 g/mol. The summed E-state index contributed by atoms with van der Waals surface area (Å²) in [4.78, 5) is 16.8. The number of amides is 1. The van der Waals surface area contributed by atoms with Crippen LogP contribution >= 0.6 is 22.9 Å². The molecule has 0 atom stereocenters. The monoisotopic (exact) mass is 308 g/mol. The van der Waals surface area contributed by atoms with Crippen molar-refractivity contribution in [1.29, 1.82) is 0 Å². The zero-order valence-corrected chi connectivity index (χ0v) is 13.2. The van der Waals surface area contributed by atoms with E-state index in [9.17, 15) is 4.79 Å². The number of hydrogen-bond donors (Lipinski definition) is 0. The van der Waals surface area contributed by atoms with Crippen LogP contribution in [-0.2, 0) is 11.3 Å². The van der Waals surface area contributed by atoms with Crippen LogP contribution in [0.1, 0.15) is 20.3 Å². The molecule has 106 valence electrons. The van der Waals surface area contributed by atoms with E-state index in [0.717, 1.165) is 10.2 Å². The quantitative estimate of drug-likeness (QED) is 0.786. The molecule has 1 heterocycles. The summed E-state index contributed by atoms with van der Waals surface area (Å²) in [7, 11) is 0. The highest BCUT2D eigenvalue weighted by molar-refractivity contribution is 7.16. The number of halogens is 1. The Morgan fingerprint density at radius 3 is 2.95 bits per heavy atom. The molecule has 1 aromatic carbocycles. The highest BCUT2D eigenvalue weighted by Gasteiger charge is 2.08. The molecule has 0 bridgehead atoms. The zero-order chi connectivity index (χ0) is 14.7. The molecule has 2 aromatic rings. The van der Waals surface area contributed by atoms with Gasteiger partial charge in [-0.3, -0.25) is 4.79 Å². The highest BCUT2D eigenvalue weighted by Crippen LogP contribution is 2.22. The predicted octanol–water partition coefficient (Wildman–Crippen LogP) is 4.02. The summed E-state index contributed by atoms with van der Waals surface area (Å²) in [5.74, 6) is 0.221. The van der Waals surface area contributed by atoms with Crippen molar-refractivity contribution in [2.75, 3.05) is 0 Å². The Labute approximate surface area is 127 Å². The first-order valence-corrected chi connectivity index (χ1v) is 7.68. The van der Waals surface area contributed by atoms with Crippen molar-refractivity contribution in [1.82, 2.24) is 4.57 Å². The molecule has 20 heavy (non-hydrogen) atoms. The fourth-order valence-electron chi connectivity index (χ4n) is 1.94. The third-order valence-electron chi connectivity index (χ3n) is 2.76. The highest BCUT2D eigenvalue weighted by atomic mass is 35.5. The number of nitrogens with zero attached hydrogens (tertiary/aromatic N) is 2. The molecule has 3 nitrogen and oxygen atoms in total. The molecular formula is C15H17ClN2OS. The minimum Gasteiger partial charge on any atom is -0.313 e. The van der Waals surface area contributed by atoms with Gasteiger partial charge in [0.15, 0.2) is 4.80 Å². The van der Waals surface area contributed by atoms with Crippen molar-refractivity contribution in [2.45, 2.75) is 26.8 Å². The number of carbonyl (C=O) groups excluding carboxylic acids is 1. The van der Waals surface area contributed by atoms with Gasteiger partial charge in [-0.05, 0) is 24.1 Å². The van der Waals surface area contributed by atoms with Gasteiger partial charge in [-0.15, -0.1) is 6.58 Å². The average Bonchev–Trinajstić information content (AvgIpc) is 2.66. The van der Waals surface area contributed by atoms with Gasteiger partial charge in [-0.25, -0.2) is 0 Å². The molecule has 0 N–H and O–H groups in total. The standard InChI is InChI=1S/C15H17ClN2OS/c1-4-7-18-12-6-5-11(16)9-13(12)20-15(18)17-14(19)8-10(2)3/h4-6,9-10H,1,7-8H2,2-3H3. The van der Waals surface area contributed by atoms with Crippen LogP contribution in [0.25, 0.3) is 10.2 Å². The first-order valence-electron chi connectivity index (χ1n) is 6.48. The Morgan fingerprint density at radius 2 is 2.30 bits per heavy atom. The van der Waals surface area contributed by atoms with Gasteiger partial charge < -0.3 is 4.57 Å². The second-order valence-corrected chi connectivity index (χ2v) is 6.45. The topological polar surface area (TPSA) is 34.4 Å². The Bertz CT molecular complexity index is 712. The number of benzene rings is 1. The third kappa shape index (κ3) is 3.38. The minimum atomic E-state index is -0.0875. The molecule has 2 rings (SSSR count). The lowest BCUT2D eigenvalue weighted by Crippen LogP contribution is -2.16. The van der Waals surface area contributed by atoms with Crippen molar-refractivity contribution in [3.63, 3.8) is 0 Å². The number of carbonyl (C=O) groups is 1. The second kappa shape index (κ2) is 6.37. The number of fused-ring (bicyclic) bond motifs is 1. The van der Waals surface area contributed by atoms with E-state index in [1.54, 1.807) is 6.08 Å². The fourth-order valence-corrected chi connectivity index (χ4v) is 3.27. The summed E-state index contributed by atoms with van der Waals surface area (Å²) < 4.78 is 3.01. The first kappa shape index (κ1) is 15.0. The summed E-state index contributed by atoms with van der Waals surface area (Å²) in [5, 5.41) is 0.685. The zero-order valence-electron chi connectivity index (χ0n) is 11.6. The summed E-state index contributed by atoms with van der Waals surface area (Å²) in [6, 6.07) is 5.69. The van der Waals surface area contributed by atoms with E-state index in [1.807, 2.05) is 36.6 Å². The number of thiazole rings is 1. The maximum Gasteiger partial charge on any atom is 0.248 e. The normalized spacial score (nSPS) is 12.3. The van der Waals surface area contributed by atoms with E-state index in [2.05, 4.69) is 11.6 Å². The largest absolute Gasteiger partial charge is 0.313 e. The molecule has 0 aliphatic carbocycles. The number of allylic oxidation sites excluding steroid dienone is 1. The van der Waals surface area contributed by atoms with Crippen molar-refractivity contribution in [3.8, 4) is 0 Å². The molecule has 0 fully saturated rings. The molecule has 5 heteroatoms. The van der Waals surface area contributed by atoms with Crippen LogP contribution in [0.2, 0.25) is 5.02 Å². The molecule has 0 saturated heterocycles. The van der Waals surface area contributed by atoms with Crippen LogP contribution in [0.4, 0.5) is 0 Å². The SMILES string of the molecule is C=CCn1c(=NC(=O)CC(C)C)sc2cc(Cl)ccc21. The van der Waals surface area contributed by atoms with E-state index in [1.165, 1.54) is 11.3 Å². The molecule has 1 aromatic heterocycles. The maximum atomic E-state index is 11.9. The van der Waals surface area contributed by atoms with Crippen molar-refractivity contribution in [2.24, 2.45) is 10.9 Å². The minimum absolute atomic E-state index is 0.0875. The van der Waals surface area contributed by atoms with Gasteiger partial charge >= 0.3 is 0 Å². The van der Waals surface area contributed by atoms with Crippen LogP contribution < -0.4 is 4.80 Å². The van der Waals surface area contributed by atoms with Crippen molar-refractivity contribution >= 4 is 39.1 Å². The summed E-state index contributed by atoms with van der Waals surface area (Å²) in [6.07, 6.45) is 2.26. The van der Waals surface area contributed by atoms with Crippen LogP contribution in [0, 0.1) is 5.92 Å². The van der Waals surface area contributed by atoms with Gasteiger partial charge in [-0.2, -0.15) is 4.99 Å². The predicted molar refractivity (Wildman–Crippen MR) is 85.0 cm³/mol. The lowest BCUT2D eigenvalue weighted by atomic mass is 10.1. The van der Waals surface area contributed by atoms with E-state index < -0.39 is 0 Å². The Hall–Kier alpha value is -1.39. The van der Waals surface area contributed by atoms with Gasteiger partial charge in [0.2, 0.25) is 5.91 Å². The van der Waals surface area contributed by atoms with E-state index in [4.69, 9.17) is 11.6 Å². The maximum absolute atomic E-state index is 11.9. The molecule has 0 aliphatic heterocycles. The number of rotatable bonds is 4. The molecule has 0 radical (unpaired) electrons. The number of hydrogen-bond acceptors (Lipinski definition) is 2. The summed E-state index contributed by atoms with van der Waals surface area (Å²) in [6.45, 7) is 8.40. The van der Waals surface area contributed by atoms with E-state index >= 15 is 0 Å². The summed E-state index contributed by atoms with van der Waals surface area (Å²) >= 11 is 7.49. The van der Waals surface area contributed by atoms with Gasteiger partial charge in [-0.1, -0.05) is 42.9 Å². The lowest BCUT2D eigenvalue weighted by molar-refractivity contribution is -0.118. The molecule has 0 saturated carbocycles. The summed E-state index contributed by atoms with van der Waals surface area (Å²) in [5.41, 5.74) is 1.02. The average molecular weight is 309 g/mol. The second-order valence-electron chi connectivity index (χ2n) is 5.00. The lowest BCUT2D eigenvalue weighted by Gasteiger charge is -2.01. The fraction of sp³-hybridized carbons (Fsp3) is 0.333. The van der Waals surface area contributed by atoms with Crippen LogP contribution in [-0.4, -0.2) is 10.5 Å². The van der Waals surface area contributed by atoms with Crippen LogP contribution in [0.5, 0.6) is 0 Å². The Balaban J connectivity index is 2.56. The van der Waals surface area contributed by atoms with Gasteiger partial charge in [0, 0.05) is 18.0 Å². The van der Waals surface area contributed by atoms with Crippen LogP contribution in [0.3, 0.4) is 0 Å². The number of aromatic nitrogens is 1. The Morgan fingerprint density at radius 1 is 1.55 bits per heavy atom. The molecule has 1 amide bonds. The molecule has 0 spiro atoms. The van der Waals surface area contributed by atoms with E-state index in [0.29, 0.717) is 28.7 Å². The molecule has 0 aliphatic rings. The van der Waals surface area contributed by atoms with Gasteiger partial charge in [0.1, 0.15) is 0 Å². The third-order valence-corrected chi connectivity index (χ3v) is 4.04.